The number of hydrogen-bond acceptors (Lipinski definition) is 7. The second-order valence-electron chi connectivity index (χ2n) is 6.74. The van der Waals surface area contributed by atoms with E-state index in [1.54, 1.807) is 0 Å². The minimum absolute atomic E-state index is 0.126. The average molecular weight is 424 g/mol. The van der Waals surface area contributed by atoms with Gasteiger partial charge >= 0.3 is 10.4 Å². The quantitative estimate of drug-likeness (QED) is 0.620. The van der Waals surface area contributed by atoms with Crippen LogP contribution < -0.4 is 0 Å². The van der Waals surface area contributed by atoms with Gasteiger partial charge in [0.25, 0.3) is 0 Å². The first kappa shape index (κ1) is 21.8. The molecule has 29 heavy (non-hydrogen) atoms. The van der Waals surface area contributed by atoms with Crippen molar-refractivity contribution in [1.82, 2.24) is 0 Å². The Kier molecular flexibility index (Phi) is 7.36. The molecule has 1 saturated heterocycles. The van der Waals surface area contributed by atoms with E-state index in [0.717, 1.165) is 11.1 Å². The summed E-state index contributed by atoms with van der Waals surface area (Å²) in [5.41, 5.74) is 1.70. The third-order valence-corrected chi connectivity index (χ3v) is 5.01. The molecule has 9 heteroatoms. The molecule has 1 aliphatic heterocycles. The zero-order valence-electron chi connectivity index (χ0n) is 15.8. The van der Waals surface area contributed by atoms with Crippen LogP contribution in [0, 0.1) is 0 Å². The summed E-state index contributed by atoms with van der Waals surface area (Å²) in [6, 6.07) is 18.5. The van der Waals surface area contributed by atoms with Crippen molar-refractivity contribution in [1.29, 1.82) is 0 Å². The zero-order valence-corrected chi connectivity index (χ0v) is 16.6. The van der Waals surface area contributed by atoms with Crippen LogP contribution in [0.15, 0.2) is 60.7 Å². The second kappa shape index (κ2) is 9.77. The summed E-state index contributed by atoms with van der Waals surface area (Å²) < 4.78 is 53.8. The SMILES string of the molecule is C[C@@H]1O[C@@H](O)[C@@H](OCc2ccccc2)[C@H](OCc2ccccc2)[C@@H]1OS(=O)(=O)O. The van der Waals surface area contributed by atoms with Crippen molar-refractivity contribution >= 4 is 10.4 Å². The van der Waals surface area contributed by atoms with Crippen LogP contribution in [0.4, 0.5) is 0 Å². The van der Waals surface area contributed by atoms with Crippen molar-refractivity contribution < 1.29 is 36.5 Å². The number of rotatable bonds is 8. The van der Waals surface area contributed by atoms with Gasteiger partial charge in [-0.25, -0.2) is 4.18 Å². The lowest BCUT2D eigenvalue weighted by atomic mass is 9.99. The fraction of sp³-hybridized carbons (Fsp3) is 0.400. The van der Waals surface area contributed by atoms with Crippen LogP contribution in [0.1, 0.15) is 18.1 Å². The van der Waals surface area contributed by atoms with Gasteiger partial charge in [-0.15, -0.1) is 0 Å². The predicted molar refractivity (Wildman–Crippen MR) is 103 cm³/mol. The average Bonchev–Trinajstić information content (AvgIpc) is 2.69. The van der Waals surface area contributed by atoms with Gasteiger partial charge in [-0.2, -0.15) is 8.42 Å². The van der Waals surface area contributed by atoms with Crippen molar-refractivity contribution in [3.63, 3.8) is 0 Å². The molecule has 2 aromatic rings. The lowest BCUT2D eigenvalue weighted by Crippen LogP contribution is -2.59. The molecule has 1 heterocycles. The summed E-state index contributed by atoms with van der Waals surface area (Å²) in [5, 5.41) is 10.4. The highest BCUT2D eigenvalue weighted by atomic mass is 32.3. The Hall–Kier alpha value is -1.85. The minimum atomic E-state index is -4.78. The van der Waals surface area contributed by atoms with Gasteiger partial charge < -0.3 is 19.3 Å². The van der Waals surface area contributed by atoms with Crippen molar-refractivity contribution in [2.24, 2.45) is 0 Å². The highest BCUT2D eigenvalue weighted by molar-refractivity contribution is 7.80. The maximum absolute atomic E-state index is 11.4. The van der Waals surface area contributed by atoms with Crippen molar-refractivity contribution in [3.05, 3.63) is 71.8 Å². The molecule has 0 saturated carbocycles. The Labute approximate surface area is 169 Å². The molecular weight excluding hydrogens is 400 g/mol. The van der Waals surface area contributed by atoms with Gasteiger partial charge in [0.15, 0.2) is 6.29 Å². The third kappa shape index (κ3) is 6.31. The molecule has 3 rings (SSSR count). The van der Waals surface area contributed by atoms with E-state index in [4.69, 9.17) is 18.4 Å². The molecule has 0 radical (unpaired) electrons. The molecule has 2 aromatic carbocycles. The molecule has 5 atom stereocenters. The van der Waals surface area contributed by atoms with Gasteiger partial charge in [0.05, 0.1) is 19.3 Å². The number of aliphatic hydroxyl groups excluding tert-OH is 1. The van der Waals surface area contributed by atoms with Crippen molar-refractivity contribution in [3.8, 4) is 0 Å². The first-order chi connectivity index (χ1) is 13.8. The summed E-state index contributed by atoms with van der Waals surface area (Å²) in [7, 11) is -4.78. The van der Waals surface area contributed by atoms with Crippen molar-refractivity contribution in [2.45, 2.75) is 50.8 Å². The fourth-order valence-electron chi connectivity index (χ4n) is 3.16. The van der Waals surface area contributed by atoms with Gasteiger partial charge in [0, 0.05) is 0 Å². The summed E-state index contributed by atoms with van der Waals surface area (Å²) in [4.78, 5) is 0. The molecule has 0 amide bonds. The van der Waals surface area contributed by atoms with Gasteiger partial charge in [-0.05, 0) is 18.1 Å². The molecule has 1 fully saturated rings. The van der Waals surface area contributed by atoms with Gasteiger partial charge in [0.1, 0.15) is 18.3 Å². The van der Waals surface area contributed by atoms with Gasteiger partial charge in [-0.3, -0.25) is 4.55 Å². The van der Waals surface area contributed by atoms with Gasteiger partial charge in [0.2, 0.25) is 0 Å². The fourth-order valence-corrected chi connectivity index (χ4v) is 3.71. The van der Waals surface area contributed by atoms with E-state index in [1.807, 2.05) is 60.7 Å². The molecule has 0 aliphatic carbocycles. The third-order valence-electron chi connectivity index (χ3n) is 4.55. The number of benzene rings is 2. The number of ether oxygens (including phenoxy) is 3. The summed E-state index contributed by atoms with van der Waals surface area (Å²) >= 11 is 0. The number of aliphatic hydroxyl groups is 1. The first-order valence-corrected chi connectivity index (χ1v) is 10.5. The van der Waals surface area contributed by atoms with E-state index in [2.05, 4.69) is 0 Å². The van der Waals surface area contributed by atoms with Crippen LogP contribution in [0.5, 0.6) is 0 Å². The molecule has 0 aromatic heterocycles. The standard InChI is InChI=1S/C20H24O8S/c1-14-17(28-29(22,23)24)18(25-12-15-8-4-2-5-9-15)19(20(21)27-14)26-13-16-10-6-3-7-11-16/h2-11,14,17-21H,12-13H2,1H3,(H,22,23,24)/t14-,17+,18+,19-,20+/m0/s1. The van der Waals surface area contributed by atoms with E-state index in [9.17, 15) is 18.1 Å². The molecule has 2 N–H and O–H groups in total. The highest BCUT2D eigenvalue weighted by Crippen LogP contribution is 2.29. The van der Waals surface area contributed by atoms with Crippen LogP contribution in [-0.2, 0) is 42.0 Å². The predicted octanol–water partition coefficient (Wildman–Crippen LogP) is 2.08. The Morgan fingerprint density at radius 1 is 0.862 bits per heavy atom. The van der Waals surface area contributed by atoms with Gasteiger partial charge in [-0.1, -0.05) is 60.7 Å². The Morgan fingerprint density at radius 3 is 1.83 bits per heavy atom. The largest absolute Gasteiger partial charge is 0.397 e. The van der Waals surface area contributed by atoms with E-state index in [-0.39, 0.29) is 13.2 Å². The summed E-state index contributed by atoms with van der Waals surface area (Å²) in [6.45, 7) is 1.79. The first-order valence-electron chi connectivity index (χ1n) is 9.14. The molecule has 8 nitrogen and oxygen atoms in total. The zero-order chi connectivity index (χ0) is 20.9. The monoisotopic (exact) mass is 424 g/mol. The number of hydrogen-bond donors (Lipinski definition) is 2. The molecule has 158 valence electrons. The second-order valence-corrected chi connectivity index (χ2v) is 7.79. The lowest BCUT2D eigenvalue weighted by Gasteiger charge is -2.42. The van der Waals surface area contributed by atoms with Crippen LogP contribution in [0.2, 0.25) is 0 Å². The highest BCUT2D eigenvalue weighted by Gasteiger charge is 2.48. The van der Waals surface area contributed by atoms with Crippen LogP contribution in [-0.4, -0.2) is 48.8 Å². The van der Waals surface area contributed by atoms with E-state index in [1.165, 1.54) is 6.92 Å². The molecular formula is C20H24O8S. The Bertz CT molecular complexity index is 859. The molecule has 1 aliphatic rings. The van der Waals surface area contributed by atoms with Crippen LogP contribution >= 0.6 is 0 Å². The molecule has 0 unspecified atom stereocenters. The molecule has 0 bridgehead atoms. The summed E-state index contributed by atoms with van der Waals surface area (Å²) in [6.07, 6.45) is -5.50. The Morgan fingerprint density at radius 2 is 1.34 bits per heavy atom. The Balaban J connectivity index is 1.80. The minimum Gasteiger partial charge on any atom is -0.368 e. The smallest absolute Gasteiger partial charge is 0.368 e. The van der Waals surface area contributed by atoms with E-state index in [0.29, 0.717) is 0 Å². The normalized spacial score (nSPS) is 27.6. The maximum atomic E-state index is 11.4. The topological polar surface area (TPSA) is 112 Å². The summed E-state index contributed by atoms with van der Waals surface area (Å²) in [5.74, 6) is 0. The van der Waals surface area contributed by atoms with Crippen LogP contribution in [0.3, 0.4) is 0 Å². The molecule has 0 spiro atoms. The maximum Gasteiger partial charge on any atom is 0.397 e. The van der Waals surface area contributed by atoms with Crippen molar-refractivity contribution in [2.75, 3.05) is 0 Å². The van der Waals surface area contributed by atoms with Crippen LogP contribution in [0.25, 0.3) is 0 Å². The van der Waals surface area contributed by atoms with E-state index >= 15 is 0 Å². The van der Waals surface area contributed by atoms with E-state index < -0.39 is 41.1 Å². The lowest BCUT2D eigenvalue weighted by molar-refractivity contribution is -0.296.